The molecule has 3 nitrogen and oxygen atoms in total. The second-order valence-electron chi connectivity index (χ2n) is 5.64. The molecule has 0 saturated carbocycles. The van der Waals surface area contributed by atoms with Crippen LogP contribution in [0.2, 0.25) is 0 Å². The van der Waals surface area contributed by atoms with Crippen molar-refractivity contribution >= 4 is 0 Å². The van der Waals surface area contributed by atoms with Crippen LogP contribution in [0, 0.1) is 0 Å². The summed E-state index contributed by atoms with van der Waals surface area (Å²) in [6.07, 6.45) is 8.25. The van der Waals surface area contributed by atoms with E-state index in [4.69, 9.17) is 4.74 Å². The highest BCUT2D eigenvalue weighted by Crippen LogP contribution is 2.18. The maximum atomic E-state index is 5.70. The molecule has 1 aliphatic heterocycles. The highest BCUT2D eigenvalue weighted by Gasteiger charge is 2.16. The molecule has 0 amide bonds. The molecule has 3 heteroatoms. The minimum absolute atomic E-state index is 0.560. The quantitative estimate of drug-likeness (QED) is 0.624. The first-order chi connectivity index (χ1) is 9.30. The van der Waals surface area contributed by atoms with Gasteiger partial charge in [0.05, 0.1) is 6.10 Å². The zero-order chi connectivity index (χ0) is 13.9. The van der Waals surface area contributed by atoms with Gasteiger partial charge >= 0.3 is 0 Å². The number of rotatable bonds is 11. The summed E-state index contributed by atoms with van der Waals surface area (Å²) in [7, 11) is 0. The minimum atomic E-state index is 0.560. The molecular formula is C16H34N2O. The number of ether oxygens (including phenoxy) is 1. The van der Waals surface area contributed by atoms with E-state index in [1.807, 2.05) is 0 Å². The largest absolute Gasteiger partial charge is 0.378 e. The molecule has 0 radical (unpaired) electrons. The third kappa shape index (κ3) is 7.28. The van der Waals surface area contributed by atoms with Crippen LogP contribution in [-0.4, -0.2) is 49.8 Å². The Kier molecular flexibility index (Phi) is 9.48. The van der Waals surface area contributed by atoms with Crippen molar-refractivity contribution in [2.75, 3.05) is 32.8 Å². The Morgan fingerprint density at radius 3 is 2.58 bits per heavy atom. The van der Waals surface area contributed by atoms with Gasteiger partial charge in [0.2, 0.25) is 0 Å². The molecule has 114 valence electrons. The Morgan fingerprint density at radius 2 is 2.00 bits per heavy atom. The van der Waals surface area contributed by atoms with Crippen LogP contribution < -0.4 is 5.32 Å². The molecule has 1 saturated heterocycles. The van der Waals surface area contributed by atoms with Crippen molar-refractivity contribution < 1.29 is 4.74 Å². The summed E-state index contributed by atoms with van der Waals surface area (Å²) in [5, 5.41) is 3.64. The summed E-state index contributed by atoms with van der Waals surface area (Å²) in [6.45, 7) is 12.4. The van der Waals surface area contributed by atoms with Crippen molar-refractivity contribution in [2.45, 2.75) is 71.4 Å². The number of nitrogens with zero attached hydrogens (tertiary/aromatic N) is 1. The molecule has 0 aromatic carbocycles. The van der Waals surface area contributed by atoms with Gasteiger partial charge in [0.15, 0.2) is 0 Å². The summed E-state index contributed by atoms with van der Waals surface area (Å²) in [5.41, 5.74) is 0. The fraction of sp³-hybridized carbons (Fsp3) is 1.00. The summed E-state index contributed by atoms with van der Waals surface area (Å²) in [5.74, 6) is 0. The van der Waals surface area contributed by atoms with Gasteiger partial charge in [0.1, 0.15) is 0 Å². The van der Waals surface area contributed by atoms with Crippen LogP contribution in [0.15, 0.2) is 0 Å². The molecule has 1 heterocycles. The summed E-state index contributed by atoms with van der Waals surface area (Å²) in [6, 6.07) is 0.687. The second-order valence-corrected chi connectivity index (χ2v) is 5.64. The van der Waals surface area contributed by atoms with E-state index in [1.54, 1.807) is 0 Å². The van der Waals surface area contributed by atoms with Crippen molar-refractivity contribution in [3.63, 3.8) is 0 Å². The lowest BCUT2D eigenvalue weighted by Crippen LogP contribution is -2.34. The predicted octanol–water partition coefficient (Wildman–Crippen LogP) is 3.05. The predicted molar refractivity (Wildman–Crippen MR) is 82.7 cm³/mol. The van der Waals surface area contributed by atoms with Crippen LogP contribution in [0.1, 0.15) is 59.3 Å². The van der Waals surface area contributed by atoms with E-state index in [9.17, 15) is 0 Å². The third-order valence-corrected chi connectivity index (χ3v) is 4.28. The van der Waals surface area contributed by atoms with Crippen molar-refractivity contribution in [3.8, 4) is 0 Å². The van der Waals surface area contributed by atoms with Crippen LogP contribution in [0.5, 0.6) is 0 Å². The van der Waals surface area contributed by atoms with Gasteiger partial charge in [-0.3, -0.25) is 0 Å². The highest BCUT2D eigenvalue weighted by atomic mass is 16.5. The number of nitrogens with one attached hydrogen (secondary N) is 1. The lowest BCUT2D eigenvalue weighted by Gasteiger charge is -2.23. The monoisotopic (exact) mass is 270 g/mol. The maximum absolute atomic E-state index is 5.70. The molecule has 1 rings (SSSR count). The minimum Gasteiger partial charge on any atom is -0.378 e. The number of hydrogen-bond acceptors (Lipinski definition) is 3. The Balaban J connectivity index is 2.15. The Hall–Kier alpha value is -0.120. The molecule has 2 unspecified atom stereocenters. The van der Waals surface area contributed by atoms with Gasteiger partial charge < -0.3 is 15.0 Å². The van der Waals surface area contributed by atoms with Crippen molar-refractivity contribution in [1.29, 1.82) is 0 Å². The van der Waals surface area contributed by atoms with Crippen molar-refractivity contribution in [2.24, 2.45) is 0 Å². The average Bonchev–Trinajstić information content (AvgIpc) is 2.93. The smallest absolute Gasteiger partial charge is 0.0576 e. The van der Waals surface area contributed by atoms with E-state index in [0.29, 0.717) is 12.1 Å². The van der Waals surface area contributed by atoms with E-state index < -0.39 is 0 Å². The van der Waals surface area contributed by atoms with E-state index in [2.05, 4.69) is 31.0 Å². The van der Waals surface area contributed by atoms with Gasteiger partial charge in [-0.1, -0.05) is 20.8 Å². The fourth-order valence-corrected chi connectivity index (χ4v) is 2.98. The zero-order valence-corrected chi connectivity index (χ0v) is 13.3. The van der Waals surface area contributed by atoms with Crippen LogP contribution >= 0.6 is 0 Å². The first-order valence-electron chi connectivity index (χ1n) is 8.37. The first-order valence-corrected chi connectivity index (χ1v) is 8.37. The summed E-state index contributed by atoms with van der Waals surface area (Å²) >= 11 is 0. The zero-order valence-electron chi connectivity index (χ0n) is 13.3. The molecule has 0 aromatic rings. The molecule has 1 fully saturated rings. The van der Waals surface area contributed by atoms with Gasteiger partial charge in [-0.05, 0) is 64.7 Å². The highest BCUT2D eigenvalue weighted by molar-refractivity contribution is 4.71. The fourth-order valence-electron chi connectivity index (χ4n) is 2.98. The topological polar surface area (TPSA) is 24.5 Å². The van der Waals surface area contributed by atoms with Crippen LogP contribution in [0.3, 0.4) is 0 Å². The lowest BCUT2D eigenvalue weighted by atomic mass is 10.0. The molecule has 0 bridgehead atoms. The summed E-state index contributed by atoms with van der Waals surface area (Å²) < 4.78 is 5.70. The van der Waals surface area contributed by atoms with Crippen molar-refractivity contribution in [3.05, 3.63) is 0 Å². The number of hydrogen-bond donors (Lipinski definition) is 1. The van der Waals surface area contributed by atoms with Crippen LogP contribution in [0.25, 0.3) is 0 Å². The first kappa shape index (κ1) is 16.9. The van der Waals surface area contributed by atoms with E-state index in [-0.39, 0.29) is 0 Å². The Labute approximate surface area is 120 Å². The molecule has 19 heavy (non-hydrogen) atoms. The van der Waals surface area contributed by atoms with E-state index in [0.717, 1.165) is 13.2 Å². The Morgan fingerprint density at radius 1 is 1.21 bits per heavy atom. The van der Waals surface area contributed by atoms with Gasteiger partial charge in [-0.2, -0.15) is 0 Å². The molecule has 2 atom stereocenters. The molecule has 1 N–H and O–H groups in total. The summed E-state index contributed by atoms with van der Waals surface area (Å²) in [4.78, 5) is 2.52. The van der Waals surface area contributed by atoms with Gasteiger partial charge in [0.25, 0.3) is 0 Å². The maximum Gasteiger partial charge on any atom is 0.0576 e. The molecule has 1 aliphatic rings. The standard InChI is InChI=1S/C16H34N2O/c1-4-17-15(12-13-18(5-2)6-3)9-7-10-16-11-8-14-19-16/h15-17H,4-14H2,1-3H3. The van der Waals surface area contributed by atoms with Crippen LogP contribution in [-0.2, 0) is 4.74 Å². The normalized spacial score (nSPS) is 21.2. The van der Waals surface area contributed by atoms with Gasteiger partial charge in [0, 0.05) is 12.6 Å². The second kappa shape index (κ2) is 10.6. The average molecular weight is 270 g/mol. The Bertz CT molecular complexity index is 201. The molecule has 0 aromatic heterocycles. The van der Waals surface area contributed by atoms with Gasteiger partial charge in [-0.15, -0.1) is 0 Å². The van der Waals surface area contributed by atoms with E-state index in [1.165, 1.54) is 58.2 Å². The van der Waals surface area contributed by atoms with Gasteiger partial charge in [-0.25, -0.2) is 0 Å². The van der Waals surface area contributed by atoms with Crippen molar-refractivity contribution in [1.82, 2.24) is 10.2 Å². The molecule has 0 aliphatic carbocycles. The lowest BCUT2D eigenvalue weighted by molar-refractivity contribution is 0.101. The molecular weight excluding hydrogens is 236 g/mol. The SMILES string of the molecule is CCNC(CCCC1CCCO1)CCN(CC)CC. The third-order valence-electron chi connectivity index (χ3n) is 4.28. The molecule has 0 spiro atoms. The van der Waals surface area contributed by atoms with E-state index >= 15 is 0 Å². The van der Waals surface area contributed by atoms with Crippen LogP contribution in [0.4, 0.5) is 0 Å².